The Morgan fingerprint density at radius 1 is 1.44 bits per heavy atom. The maximum atomic E-state index is 12.4. The van der Waals surface area contributed by atoms with Crippen LogP contribution < -0.4 is 5.73 Å². The van der Waals surface area contributed by atoms with E-state index in [1.54, 1.807) is 11.8 Å². The molecule has 4 nitrogen and oxygen atoms in total. The van der Waals surface area contributed by atoms with Crippen LogP contribution in [0.3, 0.4) is 0 Å². The number of hydrogen-bond acceptors (Lipinski definition) is 2. The third kappa shape index (κ3) is 1.45. The van der Waals surface area contributed by atoms with Gasteiger partial charge in [0.2, 0.25) is 5.91 Å². The van der Waals surface area contributed by atoms with E-state index in [4.69, 9.17) is 5.73 Å². The Kier molecular flexibility index (Phi) is 2.89. The molecule has 1 aromatic rings. The number of amides is 2. The zero-order valence-corrected chi connectivity index (χ0v) is 11.0. The van der Waals surface area contributed by atoms with Gasteiger partial charge in [0.1, 0.15) is 5.54 Å². The summed E-state index contributed by atoms with van der Waals surface area (Å²) in [7, 11) is 0. The molecule has 2 amide bonds. The molecule has 1 atom stereocenters. The van der Waals surface area contributed by atoms with Crippen molar-refractivity contribution in [2.45, 2.75) is 32.7 Å². The average molecular weight is 246 g/mol. The van der Waals surface area contributed by atoms with Gasteiger partial charge in [0.05, 0.1) is 0 Å². The van der Waals surface area contributed by atoms with E-state index < -0.39 is 11.4 Å². The average Bonchev–Trinajstić information content (AvgIpc) is 2.54. The van der Waals surface area contributed by atoms with Crippen LogP contribution in [0, 0.1) is 6.92 Å². The molecule has 0 saturated heterocycles. The summed E-state index contributed by atoms with van der Waals surface area (Å²) in [5.41, 5.74) is 6.78. The Hall–Kier alpha value is -1.84. The van der Waals surface area contributed by atoms with Gasteiger partial charge in [-0.3, -0.25) is 9.59 Å². The molecule has 18 heavy (non-hydrogen) atoms. The van der Waals surface area contributed by atoms with Crippen LogP contribution in [0.15, 0.2) is 18.2 Å². The smallest absolute Gasteiger partial charge is 0.255 e. The highest BCUT2D eigenvalue weighted by molar-refractivity contribution is 6.07. The first-order chi connectivity index (χ1) is 8.44. The summed E-state index contributed by atoms with van der Waals surface area (Å²) in [6.07, 6.45) is 0.793. The van der Waals surface area contributed by atoms with Crippen molar-refractivity contribution in [2.24, 2.45) is 5.73 Å². The van der Waals surface area contributed by atoms with E-state index in [9.17, 15) is 9.59 Å². The first kappa shape index (κ1) is 12.6. The zero-order chi connectivity index (χ0) is 13.5. The van der Waals surface area contributed by atoms with Crippen molar-refractivity contribution in [2.75, 3.05) is 6.54 Å². The van der Waals surface area contributed by atoms with Gasteiger partial charge in [-0.1, -0.05) is 25.1 Å². The number of carbonyl (C=O) groups excluding carboxylic acids is 2. The summed E-state index contributed by atoms with van der Waals surface area (Å²) >= 11 is 0. The van der Waals surface area contributed by atoms with E-state index >= 15 is 0 Å². The molecular weight excluding hydrogens is 228 g/mol. The van der Waals surface area contributed by atoms with Gasteiger partial charge < -0.3 is 10.6 Å². The fraction of sp³-hybridized carbons (Fsp3) is 0.429. The number of carbonyl (C=O) groups is 2. The Bertz CT molecular complexity index is 525. The third-order valence-corrected chi connectivity index (χ3v) is 3.72. The molecule has 1 aliphatic heterocycles. The van der Waals surface area contributed by atoms with Crippen molar-refractivity contribution in [3.63, 3.8) is 0 Å². The van der Waals surface area contributed by atoms with Gasteiger partial charge in [0.15, 0.2) is 0 Å². The van der Waals surface area contributed by atoms with E-state index in [1.165, 1.54) is 0 Å². The molecule has 0 bridgehead atoms. The second-order valence-electron chi connectivity index (χ2n) is 4.89. The summed E-state index contributed by atoms with van der Waals surface area (Å²) in [6, 6.07) is 5.56. The number of nitrogens with zero attached hydrogens (tertiary/aromatic N) is 1. The molecule has 0 fully saturated rings. The fourth-order valence-electron chi connectivity index (χ4n) is 2.66. The number of benzene rings is 1. The van der Waals surface area contributed by atoms with Crippen LogP contribution in [0.5, 0.6) is 0 Å². The summed E-state index contributed by atoms with van der Waals surface area (Å²) in [5.74, 6) is -0.570. The van der Waals surface area contributed by atoms with Gasteiger partial charge in [0.25, 0.3) is 5.91 Å². The van der Waals surface area contributed by atoms with Gasteiger partial charge in [-0.25, -0.2) is 0 Å². The predicted molar refractivity (Wildman–Crippen MR) is 69.1 cm³/mol. The van der Waals surface area contributed by atoms with Crippen molar-refractivity contribution in [1.29, 1.82) is 0 Å². The topological polar surface area (TPSA) is 63.4 Å². The molecule has 2 N–H and O–H groups in total. The molecule has 1 aliphatic rings. The lowest BCUT2D eigenvalue weighted by molar-refractivity contribution is -0.127. The molecule has 2 rings (SSSR count). The number of aryl methyl sites for hydroxylation is 1. The fourth-order valence-corrected chi connectivity index (χ4v) is 2.66. The Morgan fingerprint density at radius 3 is 2.67 bits per heavy atom. The van der Waals surface area contributed by atoms with Crippen molar-refractivity contribution in [3.05, 3.63) is 34.9 Å². The van der Waals surface area contributed by atoms with Crippen LogP contribution in [0.1, 0.15) is 41.8 Å². The number of nitrogens with two attached hydrogens (primary N) is 1. The van der Waals surface area contributed by atoms with Gasteiger partial charge >= 0.3 is 0 Å². The van der Waals surface area contributed by atoms with E-state index in [0.717, 1.165) is 17.5 Å². The Labute approximate surface area is 107 Å². The largest absolute Gasteiger partial charge is 0.367 e. The van der Waals surface area contributed by atoms with E-state index in [0.29, 0.717) is 12.1 Å². The van der Waals surface area contributed by atoms with Crippen molar-refractivity contribution in [1.82, 2.24) is 4.90 Å². The first-order valence-corrected chi connectivity index (χ1v) is 6.16. The van der Waals surface area contributed by atoms with Crippen LogP contribution in [-0.2, 0) is 10.3 Å². The maximum Gasteiger partial charge on any atom is 0.255 e. The van der Waals surface area contributed by atoms with Crippen LogP contribution >= 0.6 is 0 Å². The van der Waals surface area contributed by atoms with Gasteiger partial charge in [-0.15, -0.1) is 0 Å². The lowest BCUT2D eigenvalue weighted by Gasteiger charge is -2.32. The first-order valence-electron chi connectivity index (χ1n) is 6.16. The normalized spacial score (nSPS) is 22.2. The van der Waals surface area contributed by atoms with Crippen LogP contribution in [0.4, 0.5) is 0 Å². The van der Waals surface area contributed by atoms with Crippen molar-refractivity contribution < 1.29 is 9.59 Å². The van der Waals surface area contributed by atoms with E-state index in [1.807, 2.05) is 32.0 Å². The molecule has 0 aliphatic carbocycles. The number of primary amides is 1. The molecular formula is C14H18N2O2. The lowest BCUT2D eigenvalue weighted by atomic mass is 9.89. The molecule has 4 heteroatoms. The standard InChI is InChI=1S/C14H18N2O2/c1-4-8-16-12(17)11-9(2)6-5-7-10(11)14(16,3)13(15)18/h5-7H,4,8H2,1-3H3,(H2,15,18). The Morgan fingerprint density at radius 2 is 2.11 bits per heavy atom. The third-order valence-electron chi connectivity index (χ3n) is 3.72. The summed E-state index contributed by atoms with van der Waals surface area (Å²) < 4.78 is 0. The maximum absolute atomic E-state index is 12.4. The highest BCUT2D eigenvalue weighted by Gasteiger charge is 2.50. The Balaban J connectivity index is 2.68. The molecule has 1 unspecified atom stereocenters. The summed E-state index contributed by atoms with van der Waals surface area (Å²) in [6.45, 7) is 6.12. The molecule has 0 spiro atoms. The van der Waals surface area contributed by atoms with Gasteiger partial charge in [0, 0.05) is 12.1 Å². The molecule has 96 valence electrons. The van der Waals surface area contributed by atoms with Gasteiger partial charge in [-0.2, -0.15) is 0 Å². The van der Waals surface area contributed by atoms with E-state index in [2.05, 4.69) is 0 Å². The highest BCUT2D eigenvalue weighted by atomic mass is 16.2. The van der Waals surface area contributed by atoms with Gasteiger partial charge in [-0.05, 0) is 31.4 Å². The molecule has 0 saturated carbocycles. The second kappa shape index (κ2) is 4.12. The van der Waals surface area contributed by atoms with Crippen LogP contribution in [0.25, 0.3) is 0 Å². The minimum atomic E-state index is -1.02. The number of hydrogen-bond donors (Lipinski definition) is 1. The molecule has 1 aromatic carbocycles. The van der Waals surface area contributed by atoms with Crippen molar-refractivity contribution in [3.8, 4) is 0 Å². The van der Waals surface area contributed by atoms with Crippen LogP contribution in [0.2, 0.25) is 0 Å². The lowest BCUT2D eigenvalue weighted by Crippen LogP contribution is -2.51. The molecule has 1 heterocycles. The predicted octanol–water partition coefficient (Wildman–Crippen LogP) is 1.56. The van der Waals surface area contributed by atoms with Crippen molar-refractivity contribution >= 4 is 11.8 Å². The number of rotatable bonds is 3. The molecule has 0 aromatic heterocycles. The second-order valence-corrected chi connectivity index (χ2v) is 4.89. The van der Waals surface area contributed by atoms with Crippen LogP contribution in [-0.4, -0.2) is 23.3 Å². The minimum absolute atomic E-state index is 0.0914. The quantitative estimate of drug-likeness (QED) is 0.879. The number of fused-ring (bicyclic) bond motifs is 1. The summed E-state index contributed by atoms with van der Waals surface area (Å²) in [5, 5.41) is 0. The SMILES string of the molecule is CCCN1C(=O)c2c(C)cccc2C1(C)C(N)=O. The monoisotopic (exact) mass is 246 g/mol. The van der Waals surface area contributed by atoms with E-state index in [-0.39, 0.29) is 5.91 Å². The molecule has 0 radical (unpaired) electrons. The zero-order valence-electron chi connectivity index (χ0n) is 11.0. The highest BCUT2D eigenvalue weighted by Crippen LogP contribution is 2.40. The summed E-state index contributed by atoms with van der Waals surface area (Å²) in [4.78, 5) is 25.9. The minimum Gasteiger partial charge on any atom is -0.367 e.